The van der Waals surface area contributed by atoms with Gasteiger partial charge in [0, 0.05) is 32.9 Å². The third-order valence-corrected chi connectivity index (χ3v) is 11.0. The first-order valence-electron chi connectivity index (χ1n) is 18.8. The number of hydrogen-bond acceptors (Lipinski definition) is 1. The van der Waals surface area contributed by atoms with Crippen molar-refractivity contribution in [3.63, 3.8) is 0 Å². The summed E-state index contributed by atoms with van der Waals surface area (Å²) in [6.07, 6.45) is 0. The topological polar surface area (TPSA) is 33.6 Å². The van der Waals surface area contributed by atoms with Crippen molar-refractivity contribution in [1.82, 2.24) is 9.13 Å². The molecule has 0 N–H and O–H groups in total. The van der Waals surface area contributed by atoms with E-state index in [1.54, 1.807) is 0 Å². The summed E-state index contributed by atoms with van der Waals surface area (Å²) in [4.78, 5) is 0. The molecule has 0 unspecified atom stereocenters. The summed E-state index contributed by atoms with van der Waals surface area (Å²) in [5.74, 6) is 0. The molecule has 0 saturated heterocycles. The Bertz CT molecular complexity index is 2740. The van der Waals surface area contributed by atoms with E-state index in [-0.39, 0.29) is 10.8 Å². The minimum atomic E-state index is 0.00246. The Hall–Kier alpha value is -6.37. The third-order valence-electron chi connectivity index (χ3n) is 11.0. The van der Waals surface area contributed by atoms with Gasteiger partial charge in [0.25, 0.3) is 0 Å². The SMILES string of the molecule is CC(C)(C)c1ccc2c(c1)c1ccc(-c3ccccc3)cc1n2-c1cc(C#N)cc(-n2c3ccc(C(C)(C)C)cc3c3ccc(-c4ccccc4)cc32)c1. The first kappa shape index (κ1) is 33.5. The van der Waals surface area contributed by atoms with E-state index in [2.05, 4.69) is 196 Å². The number of fused-ring (bicyclic) bond motifs is 6. The summed E-state index contributed by atoms with van der Waals surface area (Å²) >= 11 is 0. The van der Waals surface area contributed by atoms with Crippen molar-refractivity contribution in [3.8, 4) is 39.7 Å². The third kappa shape index (κ3) is 5.58. The molecular weight excluding hydrogens is 655 g/mol. The second-order valence-corrected chi connectivity index (χ2v) is 16.7. The highest BCUT2D eigenvalue weighted by atomic mass is 15.0. The molecule has 0 radical (unpaired) electrons. The molecule has 3 nitrogen and oxygen atoms in total. The van der Waals surface area contributed by atoms with E-state index in [1.807, 2.05) is 12.1 Å². The molecule has 0 saturated carbocycles. The molecule has 0 bridgehead atoms. The number of benzene rings is 7. The molecular formula is C51H43N3. The average molecular weight is 698 g/mol. The molecule has 0 atom stereocenters. The van der Waals surface area contributed by atoms with Crippen molar-refractivity contribution in [1.29, 1.82) is 5.26 Å². The maximum atomic E-state index is 10.6. The molecule has 7 aromatic carbocycles. The lowest BCUT2D eigenvalue weighted by atomic mass is 9.86. The lowest BCUT2D eigenvalue weighted by Crippen LogP contribution is -2.10. The van der Waals surface area contributed by atoms with Gasteiger partial charge in [-0.3, -0.25) is 0 Å². The Morgan fingerprint density at radius 3 is 1.20 bits per heavy atom. The molecule has 54 heavy (non-hydrogen) atoms. The second-order valence-electron chi connectivity index (χ2n) is 16.7. The van der Waals surface area contributed by atoms with E-state index in [1.165, 1.54) is 43.8 Å². The van der Waals surface area contributed by atoms with Gasteiger partial charge >= 0.3 is 0 Å². The molecule has 0 aliphatic rings. The van der Waals surface area contributed by atoms with Crippen LogP contribution >= 0.6 is 0 Å². The summed E-state index contributed by atoms with van der Waals surface area (Å²) in [6, 6.07) is 57.4. The van der Waals surface area contributed by atoms with Crippen LogP contribution in [0.1, 0.15) is 58.2 Å². The first-order chi connectivity index (χ1) is 26.0. The molecule has 2 heterocycles. The summed E-state index contributed by atoms with van der Waals surface area (Å²) in [5.41, 5.74) is 14.2. The lowest BCUT2D eigenvalue weighted by Gasteiger charge is -2.19. The van der Waals surface area contributed by atoms with Crippen LogP contribution in [0.4, 0.5) is 0 Å². The summed E-state index contributed by atoms with van der Waals surface area (Å²) in [6.45, 7) is 13.6. The van der Waals surface area contributed by atoms with E-state index in [9.17, 15) is 5.26 Å². The maximum Gasteiger partial charge on any atom is 0.0993 e. The Morgan fingerprint density at radius 2 is 0.815 bits per heavy atom. The van der Waals surface area contributed by atoms with Crippen molar-refractivity contribution < 1.29 is 0 Å². The van der Waals surface area contributed by atoms with Crippen molar-refractivity contribution in [3.05, 3.63) is 168 Å². The van der Waals surface area contributed by atoms with E-state index >= 15 is 0 Å². The zero-order chi connectivity index (χ0) is 37.4. The van der Waals surface area contributed by atoms with Crippen LogP contribution in [0.5, 0.6) is 0 Å². The van der Waals surface area contributed by atoms with Gasteiger partial charge < -0.3 is 9.13 Å². The molecule has 0 spiro atoms. The zero-order valence-corrected chi connectivity index (χ0v) is 31.8. The van der Waals surface area contributed by atoms with Crippen LogP contribution in [0.15, 0.2) is 152 Å². The molecule has 2 aromatic heterocycles. The summed E-state index contributed by atoms with van der Waals surface area (Å²) in [7, 11) is 0. The maximum absolute atomic E-state index is 10.6. The fourth-order valence-corrected chi connectivity index (χ4v) is 8.07. The first-order valence-corrected chi connectivity index (χ1v) is 18.8. The van der Waals surface area contributed by atoms with Crippen LogP contribution in [-0.4, -0.2) is 9.13 Å². The molecule has 3 heteroatoms. The van der Waals surface area contributed by atoms with Crippen LogP contribution in [0, 0.1) is 11.3 Å². The molecule has 0 amide bonds. The van der Waals surface area contributed by atoms with Gasteiger partial charge in [-0.25, -0.2) is 0 Å². The van der Waals surface area contributed by atoms with E-state index < -0.39 is 0 Å². The minimum Gasteiger partial charge on any atom is -0.309 e. The van der Waals surface area contributed by atoms with E-state index in [4.69, 9.17) is 0 Å². The highest BCUT2D eigenvalue weighted by Crippen LogP contribution is 2.40. The van der Waals surface area contributed by atoms with Gasteiger partial charge in [-0.05, 0) is 98.8 Å². The molecule has 9 rings (SSSR count). The minimum absolute atomic E-state index is 0.00246. The monoisotopic (exact) mass is 697 g/mol. The van der Waals surface area contributed by atoms with Gasteiger partial charge in [-0.15, -0.1) is 0 Å². The quantitative estimate of drug-likeness (QED) is 0.180. The van der Waals surface area contributed by atoms with Gasteiger partial charge in [-0.2, -0.15) is 5.26 Å². The van der Waals surface area contributed by atoms with Gasteiger partial charge in [0.15, 0.2) is 0 Å². The van der Waals surface area contributed by atoms with Gasteiger partial charge in [0.05, 0.1) is 33.7 Å². The van der Waals surface area contributed by atoms with Crippen molar-refractivity contribution >= 4 is 43.6 Å². The molecule has 0 fully saturated rings. The van der Waals surface area contributed by atoms with Crippen LogP contribution in [0.3, 0.4) is 0 Å². The predicted molar refractivity (Wildman–Crippen MR) is 228 cm³/mol. The lowest BCUT2D eigenvalue weighted by molar-refractivity contribution is 0.591. The van der Waals surface area contributed by atoms with E-state index in [0.29, 0.717) is 5.56 Å². The number of hydrogen-bond donors (Lipinski definition) is 0. The fourth-order valence-electron chi connectivity index (χ4n) is 8.07. The molecule has 9 aromatic rings. The average Bonchev–Trinajstić information content (AvgIpc) is 3.69. The molecule has 0 aliphatic carbocycles. The summed E-state index contributed by atoms with van der Waals surface area (Å²) in [5, 5.41) is 15.4. The largest absolute Gasteiger partial charge is 0.309 e. The van der Waals surface area contributed by atoms with Crippen molar-refractivity contribution in [2.24, 2.45) is 0 Å². The van der Waals surface area contributed by atoms with Crippen LogP contribution < -0.4 is 0 Å². The van der Waals surface area contributed by atoms with E-state index in [0.717, 1.165) is 44.6 Å². The van der Waals surface area contributed by atoms with Gasteiger partial charge in [0.1, 0.15) is 0 Å². The van der Waals surface area contributed by atoms with Crippen LogP contribution in [-0.2, 0) is 10.8 Å². The molecule has 262 valence electrons. The Morgan fingerprint density at radius 1 is 0.389 bits per heavy atom. The number of nitriles is 1. The smallest absolute Gasteiger partial charge is 0.0993 e. The van der Waals surface area contributed by atoms with Crippen LogP contribution in [0.25, 0.3) is 77.2 Å². The van der Waals surface area contributed by atoms with Crippen molar-refractivity contribution in [2.75, 3.05) is 0 Å². The van der Waals surface area contributed by atoms with Crippen LogP contribution in [0.2, 0.25) is 0 Å². The van der Waals surface area contributed by atoms with Gasteiger partial charge in [0.2, 0.25) is 0 Å². The Balaban J connectivity index is 1.35. The Kier molecular flexibility index (Phi) is 7.66. The number of aromatic nitrogens is 2. The zero-order valence-electron chi connectivity index (χ0n) is 31.8. The van der Waals surface area contributed by atoms with Crippen molar-refractivity contribution in [2.45, 2.75) is 52.4 Å². The fraction of sp³-hybridized carbons (Fsp3) is 0.157. The standard InChI is InChI=1S/C51H43N3/c1-50(2,3)38-19-23-46-44(29-38)42-21-17-36(34-13-9-7-10-14-34)27-48(42)53(46)40-25-33(32-52)26-41(31-40)54-47-24-20-39(51(4,5)6)30-45(47)43-22-18-37(28-49(43)54)35-15-11-8-12-16-35/h7-31H,1-6H3. The normalized spacial score (nSPS) is 12.2. The number of nitrogens with zero attached hydrogens (tertiary/aromatic N) is 3. The number of rotatable bonds is 4. The Labute approximate surface area is 317 Å². The molecule has 0 aliphatic heterocycles. The highest BCUT2D eigenvalue weighted by molar-refractivity contribution is 6.12. The second kappa shape index (κ2) is 12.4. The predicted octanol–water partition coefficient (Wildman–Crippen LogP) is 13.7. The van der Waals surface area contributed by atoms with Gasteiger partial charge in [-0.1, -0.05) is 139 Å². The highest BCUT2D eigenvalue weighted by Gasteiger charge is 2.22. The summed E-state index contributed by atoms with van der Waals surface area (Å²) < 4.78 is 4.71.